The SMILES string of the molecule is CCCNc1nc(NCc2ccsc2)c(Cl)cc1Cl. The largest absolute Gasteiger partial charge is 0.369 e. The highest BCUT2D eigenvalue weighted by Crippen LogP contribution is 2.29. The molecule has 19 heavy (non-hydrogen) atoms. The molecular weight excluding hydrogens is 301 g/mol. The van der Waals surface area contributed by atoms with Gasteiger partial charge < -0.3 is 10.6 Å². The first-order chi connectivity index (χ1) is 9.20. The van der Waals surface area contributed by atoms with E-state index in [1.807, 2.05) is 5.38 Å². The fourth-order valence-electron chi connectivity index (χ4n) is 1.54. The molecule has 0 spiro atoms. The number of nitrogens with zero attached hydrogens (tertiary/aromatic N) is 1. The Hall–Kier alpha value is -0.970. The number of hydrogen-bond acceptors (Lipinski definition) is 4. The van der Waals surface area contributed by atoms with Crippen LogP contribution < -0.4 is 10.6 Å². The van der Waals surface area contributed by atoms with E-state index in [0.717, 1.165) is 13.0 Å². The molecule has 0 aliphatic carbocycles. The lowest BCUT2D eigenvalue weighted by Crippen LogP contribution is -2.06. The second-order valence-electron chi connectivity index (χ2n) is 4.06. The van der Waals surface area contributed by atoms with Gasteiger partial charge in [-0.15, -0.1) is 0 Å². The van der Waals surface area contributed by atoms with Crippen LogP contribution in [0.1, 0.15) is 18.9 Å². The van der Waals surface area contributed by atoms with Crippen LogP contribution in [-0.2, 0) is 6.54 Å². The lowest BCUT2D eigenvalue weighted by atomic mass is 10.3. The van der Waals surface area contributed by atoms with Crippen LogP contribution in [0, 0.1) is 0 Å². The van der Waals surface area contributed by atoms with Gasteiger partial charge in [0.25, 0.3) is 0 Å². The minimum absolute atomic E-state index is 0.530. The maximum absolute atomic E-state index is 6.14. The van der Waals surface area contributed by atoms with Crippen LogP contribution in [0.25, 0.3) is 0 Å². The molecule has 2 aromatic rings. The molecule has 0 fully saturated rings. The predicted octanol–water partition coefficient (Wildman–Crippen LogP) is 4.88. The summed E-state index contributed by atoms with van der Waals surface area (Å²) in [5, 5.41) is 11.6. The molecule has 0 unspecified atom stereocenters. The topological polar surface area (TPSA) is 37.0 Å². The van der Waals surface area contributed by atoms with E-state index in [-0.39, 0.29) is 0 Å². The van der Waals surface area contributed by atoms with E-state index in [2.05, 4.69) is 34.0 Å². The Morgan fingerprint density at radius 3 is 2.58 bits per heavy atom. The summed E-state index contributed by atoms with van der Waals surface area (Å²) in [6.07, 6.45) is 1.01. The van der Waals surface area contributed by atoms with Gasteiger partial charge >= 0.3 is 0 Å². The Kier molecular flexibility index (Phi) is 5.31. The van der Waals surface area contributed by atoms with Gasteiger partial charge in [-0.2, -0.15) is 11.3 Å². The standard InChI is InChI=1S/C13H15Cl2N3S/c1-2-4-16-12-10(14)6-11(15)13(18-12)17-7-9-3-5-19-8-9/h3,5-6,8H,2,4,7H2,1H3,(H2,16,17,18). The summed E-state index contributed by atoms with van der Waals surface area (Å²) in [6.45, 7) is 3.62. The molecule has 102 valence electrons. The zero-order valence-electron chi connectivity index (χ0n) is 10.5. The van der Waals surface area contributed by atoms with E-state index in [4.69, 9.17) is 23.2 Å². The summed E-state index contributed by atoms with van der Waals surface area (Å²) in [5.41, 5.74) is 1.21. The molecule has 0 aliphatic heterocycles. The van der Waals surface area contributed by atoms with Gasteiger partial charge in [-0.3, -0.25) is 0 Å². The highest BCUT2D eigenvalue weighted by molar-refractivity contribution is 7.07. The molecule has 0 aromatic carbocycles. The minimum Gasteiger partial charge on any atom is -0.369 e. The fraction of sp³-hybridized carbons (Fsp3) is 0.308. The van der Waals surface area contributed by atoms with Crippen molar-refractivity contribution in [3.05, 3.63) is 38.5 Å². The summed E-state index contributed by atoms with van der Waals surface area (Å²) < 4.78 is 0. The number of aromatic nitrogens is 1. The second kappa shape index (κ2) is 6.98. The Balaban J connectivity index is 2.10. The van der Waals surface area contributed by atoms with Crippen molar-refractivity contribution in [2.75, 3.05) is 17.2 Å². The summed E-state index contributed by atoms with van der Waals surface area (Å²) >= 11 is 13.9. The maximum Gasteiger partial charge on any atom is 0.147 e. The monoisotopic (exact) mass is 315 g/mol. The van der Waals surface area contributed by atoms with E-state index in [9.17, 15) is 0 Å². The zero-order valence-corrected chi connectivity index (χ0v) is 12.9. The van der Waals surface area contributed by atoms with Crippen molar-refractivity contribution in [3.63, 3.8) is 0 Å². The van der Waals surface area contributed by atoms with Gasteiger partial charge in [0, 0.05) is 13.1 Å². The fourth-order valence-corrected chi connectivity index (χ4v) is 2.70. The first-order valence-electron chi connectivity index (χ1n) is 6.05. The second-order valence-corrected chi connectivity index (χ2v) is 5.66. The predicted molar refractivity (Wildman–Crippen MR) is 84.7 cm³/mol. The molecule has 0 saturated carbocycles. The van der Waals surface area contributed by atoms with E-state index < -0.39 is 0 Å². The van der Waals surface area contributed by atoms with Gasteiger partial charge in [-0.1, -0.05) is 30.1 Å². The maximum atomic E-state index is 6.14. The van der Waals surface area contributed by atoms with Crippen LogP contribution in [0.3, 0.4) is 0 Å². The number of hydrogen-bond donors (Lipinski definition) is 2. The van der Waals surface area contributed by atoms with E-state index in [0.29, 0.717) is 28.2 Å². The molecule has 0 aliphatic rings. The lowest BCUT2D eigenvalue weighted by Gasteiger charge is -2.11. The molecule has 3 nitrogen and oxygen atoms in total. The molecule has 0 amide bonds. The Labute approximate surface area is 127 Å². The summed E-state index contributed by atoms with van der Waals surface area (Å²) in [4.78, 5) is 4.43. The van der Waals surface area contributed by atoms with Crippen molar-refractivity contribution < 1.29 is 0 Å². The van der Waals surface area contributed by atoms with Crippen molar-refractivity contribution >= 4 is 46.2 Å². The Morgan fingerprint density at radius 1 is 1.21 bits per heavy atom. The number of pyridine rings is 1. The number of anilines is 2. The van der Waals surface area contributed by atoms with Crippen molar-refractivity contribution in [1.82, 2.24) is 4.98 Å². The minimum atomic E-state index is 0.530. The van der Waals surface area contributed by atoms with Gasteiger partial charge in [-0.05, 0) is 34.9 Å². The molecule has 2 aromatic heterocycles. The van der Waals surface area contributed by atoms with Crippen molar-refractivity contribution in [2.24, 2.45) is 0 Å². The van der Waals surface area contributed by atoms with E-state index >= 15 is 0 Å². The molecule has 6 heteroatoms. The number of rotatable bonds is 6. The van der Waals surface area contributed by atoms with Crippen LogP contribution in [0.15, 0.2) is 22.9 Å². The Bertz CT molecular complexity index is 529. The van der Waals surface area contributed by atoms with Gasteiger partial charge in [-0.25, -0.2) is 4.98 Å². The molecule has 2 N–H and O–H groups in total. The Morgan fingerprint density at radius 2 is 1.95 bits per heavy atom. The quantitative estimate of drug-likeness (QED) is 0.797. The van der Waals surface area contributed by atoms with E-state index in [1.165, 1.54) is 5.56 Å². The van der Waals surface area contributed by atoms with Crippen LogP contribution in [0.2, 0.25) is 10.0 Å². The molecule has 0 atom stereocenters. The summed E-state index contributed by atoms with van der Waals surface area (Å²) in [7, 11) is 0. The molecule has 2 heterocycles. The molecule has 0 saturated heterocycles. The van der Waals surface area contributed by atoms with E-state index in [1.54, 1.807) is 17.4 Å². The first-order valence-corrected chi connectivity index (χ1v) is 7.75. The normalized spacial score (nSPS) is 10.5. The number of nitrogens with one attached hydrogen (secondary N) is 2. The third kappa shape index (κ3) is 4.00. The van der Waals surface area contributed by atoms with Crippen LogP contribution in [-0.4, -0.2) is 11.5 Å². The molecule has 0 radical (unpaired) electrons. The summed E-state index contributed by atoms with van der Waals surface area (Å²) in [5.74, 6) is 1.32. The average molecular weight is 316 g/mol. The zero-order chi connectivity index (χ0) is 13.7. The van der Waals surface area contributed by atoms with Crippen molar-refractivity contribution in [1.29, 1.82) is 0 Å². The smallest absolute Gasteiger partial charge is 0.147 e. The van der Waals surface area contributed by atoms with Crippen molar-refractivity contribution in [2.45, 2.75) is 19.9 Å². The molecule has 2 rings (SSSR count). The van der Waals surface area contributed by atoms with Gasteiger partial charge in [0.15, 0.2) is 0 Å². The highest BCUT2D eigenvalue weighted by atomic mass is 35.5. The third-order valence-electron chi connectivity index (χ3n) is 2.51. The molecule has 0 bridgehead atoms. The van der Waals surface area contributed by atoms with Crippen LogP contribution in [0.4, 0.5) is 11.6 Å². The third-order valence-corrected chi connectivity index (χ3v) is 3.82. The number of halogens is 2. The van der Waals surface area contributed by atoms with Crippen LogP contribution >= 0.6 is 34.5 Å². The van der Waals surface area contributed by atoms with Gasteiger partial charge in [0.1, 0.15) is 11.6 Å². The first kappa shape index (κ1) is 14.4. The van der Waals surface area contributed by atoms with Gasteiger partial charge in [0.05, 0.1) is 10.0 Å². The lowest BCUT2D eigenvalue weighted by molar-refractivity contribution is 0.968. The number of thiophene rings is 1. The molecular formula is C13H15Cl2N3S. The summed E-state index contributed by atoms with van der Waals surface area (Å²) in [6, 6.07) is 3.78. The van der Waals surface area contributed by atoms with Gasteiger partial charge in [0.2, 0.25) is 0 Å². The highest BCUT2D eigenvalue weighted by Gasteiger charge is 2.08. The van der Waals surface area contributed by atoms with Crippen molar-refractivity contribution in [3.8, 4) is 0 Å². The average Bonchev–Trinajstić information content (AvgIpc) is 2.90. The van der Waals surface area contributed by atoms with Crippen LogP contribution in [0.5, 0.6) is 0 Å².